The second kappa shape index (κ2) is 11.6. The Morgan fingerprint density at radius 3 is 1.38 bits per heavy atom. The molecular weight excluding hydrogens is 472 g/mol. The number of anilines is 2. The van der Waals surface area contributed by atoms with Gasteiger partial charge in [-0.25, -0.2) is 0 Å². The van der Waals surface area contributed by atoms with Gasteiger partial charge in [-0.15, -0.1) is 0 Å². The standard InChI is InChI=1S/C37H48N2/c1-3-16-30(17-4-1)38-24-13-25-39(31-18-5-2-6-19-31)37-27-29-15-8-10-21-33(29)35(37)23-12-11-22-34-32-20-9-7-14-28(32)26-36(34)38/h1-6,11-12,16-19,22-23,28-29,32-37H,7-10,13-15,20-21,24-27H2/t28-,29?,32?,33+,34-,35-,36?,37+/m1/s1. The van der Waals surface area contributed by atoms with E-state index < -0.39 is 0 Å². The van der Waals surface area contributed by atoms with Gasteiger partial charge in [0.25, 0.3) is 0 Å². The van der Waals surface area contributed by atoms with Crippen molar-refractivity contribution >= 4 is 11.4 Å². The van der Waals surface area contributed by atoms with E-state index >= 15 is 0 Å². The van der Waals surface area contributed by atoms with Crippen LogP contribution in [-0.4, -0.2) is 25.2 Å². The predicted octanol–water partition coefficient (Wildman–Crippen LogP) is 8.91. The lowest BCUT2D eigenvalue weighted by Crippen LogP contribution is -2.43. The Morgan fingerprint density at radius 1 is 0.487 bits per heavy atom. The summed E-state index contributed by atoms with van der Waals surface area (Å²) in [4.78, 5) is 5.67. The third kappa shape index (κ3) is 5.09. The van der Waals surface area contributed by atoms with E-state index in [1.165, 1.54) is 82.0 Å². The van der Waals surface area contributed by atoms with Crippen LogP contribution in [0.25, 0.3) is 0 Å². The molecule has 5 aliphatic rings. The molecule has 0 radical (unpaired) electrons. The fraction of sp³-hybridized carbons (Fsp3) is 0.568. The zero-order valence-electron chi connectivity index (χ0n) is 23.8. The van der Waals surface area contributed by atoms with Gasteiger partial charge in [0.2, 0.25) is 0 Å². The van der Waals surface area contributed by atoms with Crippen LogP contribution >= 0.6 is 0 Å². The van der Waals surface area contributed by atoms with E-state index in [1.54, 1.807) is 0 Å². The Bertz CT molecular complexity index is 1030. The monoisotopic (exact) mass is 520 g/mol. The summed E-state index contributed by atoms with van der Waals surface area (Å²) in [6.45, 7) is 2.30. The van der Waals surface area contributed by atoms with Crippen molar-refractivity contribution in [3.05, 3.63) is 85.0 Å². The van der Waals surface area contributed by atoms with Gasteiger partial charge in [-0.3, -0.25) is 0 Å². The van der Waals surface area contributed by atoms with Crippen LogP contribution in [-0.2, 0) is 0 Å². The molecule has 4 saturated carbocycles. The molecule has 2 aromatic carbocycles. The molecule has 0 bridgehead atoms. The molecule has 7 rings (SSSR count). The van der Waals surface area contributed by atoms with E-state index in [-0.39, 0.29) is 0 Å². The van der Waals surface area contributed by atoms with Crippen molar-refractivity contribution < 1.29 is 0 Å². The molecule has 1 aliphatic heterocycles. The maximum absolute atomic E-state index is 2.84. The Labute approximate surface area is 237 Å². The summed E-state index contributed by atoms with van der Waals surface area (Å²) in [6, 6.07) is 24.1. The fourth-order valence-electron chi connectivity index (χ4n) is 9.80. The highest BCUT2D eigenvalue weighted by Crippen LogP contribution is 2.51. The highest BCUT2D eigenvalue weighted by Gasteiger charge is 2.46. The Hall–Kier alpha value is -2.48. The Balaban J connectivity index is 1.26. The largest absolute Gasteiger partial charge is 0.368 e. The highest BCUT2D eigenvalue weighted by atomic mass is 15.2. The molecule has 0 spiro atoms. The minimum Gasteiger partial charge on any atom is -0.368 e. The predicted molar refractivity (Wildman–Crippen MR) is 165 cm³/mol. The highest BCUT2D eigenvalue weighted by molar-refractivity contribution is 5.50. The van der Waals surface area contributed by atoms with Crippen LogP contribution in [0, 0.1) is 35.5 Å². The Morgan fingerprint density at radius 2 is 0.923 bits per heavy atom. The number of allylic oxidation sites excluding steroid dienone is 2. The van der Waals surface area contributed by atoms with Crippen molar-refractivity contribution in [1.29, 1.82) is 0 Å². The average Bonchev–Trinajstić information content (AvgIpc) is 3.54. The Kier molecular flexibility index (Phi) is 7.55. The lowest BCUT2D eigenvalue weighted by atomic mass is 9.77. The number of para-hydroxylation sites is 2. The van der Waals surface area contributed by atoms with Crippen molar-refractivity contribution in [3.63, 3.8) is 0 Å². The normalized spacial score (nSPS) is 36.6. The summed E-state index contributed by atoms with van der Waals surface area (Å²) in [5.41, 5.74) is 2.86. The molecule has 39 heavy (non-hydrogen) atoms. The molecule has 8 atom stereocenters. The number of hydrogen-bond acceptors (Lipinski definition) is 2. The molecule has 3 unspecified atom stereocenters. The molecule has 206 valence electrons. The first-order valence-corrected chi connectivity index (χ1v) is 16.4. The van der Waals surface area contributed by atoms with E-state index in [0.717, 1.165) is 36.8 Å². The molecular formula is C37H48N2. The summed E-state index contributed by atoms with van der Waals surface area (Å²) >= 11 is 0. The van der Waals surface area contributed by atoms with Gasteiger partial charge in [-0.05, 0) is 80.0 Å². The molecule has 0 saturated heterocycles. The molecule has 0 N–H and O–H groups in total. The summed E-state index contributed by atoms with van der Waals surface area (Å²) in [6.07, 6.45) is 25.7. The van der Waals surface area contributed by atoms with Crippen molar-refractivity contribution in [3.8, 4) is 0 Å². The summed E-state index contributed by atoms with van der Waals surface area (Å²) in [5, 5.41) is 0. The first-order chi connectivity index (χ1) is 19.4. The molecule has 2 aromatic rings. The van der Waals surface area contributed by atoms with Crippen LogP contribution in [0.4, 0.5) is 11.4 Å². The van der Waals surface area contributed by atoms with Crippen LogP contribution in [0.1, 0.15) is 70.6 Å². The molecule has 2 nitrogen and oxygen atoms in total. The summed E-state index contributed by atoms with van der Waals surface area (Å²) < 4.78 is 0. The van der Waals surface area contributed by atoms with E-state index in [0.29, 0.717) is 23.9 Å². The third-order valence-corrected chi connectivity index (χ3v) is 11.5. The van der Waals surface area contributed by atoms with E-state index in [2.05, 4.69) is 94.8 Å². The second-order valence-electron chi connectivity index (χ2n) is 13.4. The van der Waals surface area contributed by atoms with Crippen LogP contribution in [0.3, 0.4) is 0 Å². The SMILES string of the molecule is C1=C[C@@H]2C3CCCC[C@@H]3CC2N(c2ccccc2)CCCN(c2ccccc2)[C@H]2CC3CCCC[C@@H]3[C@H]2C=C1. The lowest BCUT2D eigenvalue weighted by molar-refractivity contribution is 0.248. The number of nitrogens with zero attached hydrogens (tertiary/aromatic N) is 2. The van der Waals surface area contributed by atoms with Gasteiger partial charge in [-0.2, -0.15) is 0 Å². The van der Waals surface area contributed by atoms with E-state index in [1.807, 2.05) is 0 Å². The first-order valence-electron chi connectivity index (χ1n) is 16.4. The third-order valence-electron chi connectivity index (χ3n) is 11.5. The van der Waals surface area contributed by atoms with Crippen LogP contribution in [0.15, 0.2) is 85.0 Å². The van der Waals surface area contributed by atoms with Crippen LogP contribution < -0.4 is 9.80 Å². The lowest BCUT2D eigenvalue weighted by Gasteiger charge is -2.38. The van der Waals surface area contributed by atoms with Crippen LogP contribution in [0.5, 0.6) is 0 Å². The zero-order chi connectivity index (χ0) is 26.0. The molecule has 4 aliphatic carbocycles. The average molecular weight is 521 g/mol. The number of fused-ring (bicyclic) bond motifs is 6. The van der Waals surface area contributed by atoms with Crippen molar-refractivity contribution in [2.24, 2.45) is 35.5 Å². The van der Waals surface area contributed by atoms with Crippen molar-refractivity contribution in [1.82, 2.24) is 0 Å². The van der Waals surface area contributed by atoms with E-state index in [4.69, 9.17) is 0 Å². The second-order valence-corrected chi connectivity index (χ2v) is 13.4. The molecule has 1 heterocycles. The number of hydrogen-bond donors (Lipinski definition) is 0. The van der Waals surface area contributed by atoms with Gasteiger partial charge in [0.15, 0.2) is 0 Å². The maximum Gasteiger partial charge on any atom is 0.0368 e. The van der Waals surface area contributed by atoms with Gasteiger partial charge < -0.3 is 9.80 Å². The fourth-order valence-corrected chi connectivity index (χ4v) is 9.80. The van der Waals surface area contributed by atoms with Crippen molar-refractivity contribution in [2.45, 2.75) is 82.7 Å². The maximum atomic E-state index is 2.84. The summed E-state index contributed by atoms with van der Waals surface area (Å²) in [7, 11) is 0. The molecule has 0 aromatic heterocycles. The molecule has 2 heteroatoms. The topological polar surface area (TPSA) is 6.48 Å². The van der Waals surface area contributed by atoms with Gasteiger partial charge >= 0.3 is 0 Å². The number of benzene rings is 2. The molecule has 4 fully saturated rings. The zero-order valence-corrected chi connectivity index (χ0v) is 23.8. The summed E-state index contributed by atoms with van der Waals surface area (Å²) in [5.74, 6) is 4.90. The smallest absolute Gasteiger partial charge is 0.0368 e. The van der Waals surface area contributed by atoms with Gasteiger partial charge in [0.1, 0.15) is 0 Å². The van der Waals surface area contributed by atoms with Gasteiger partial charge in [-0.1, -0.05) is 99.2 Å². The minimum absolute atomic E-state index is 0.623. The quantitative estimate of drug-likeness (QED) is 0.390. The molecule has 0 amide bonds. The van der Waals surface area contributed by atoms with Gasteiger partial charge in [0, 0.05) is 48.4 Å². The first kappa shape index (κ1) is 25.5. The van der Waals surface area contributed by atoms with Crippen LogP contribution in [0.2, 0.25) is 0 Å². The van der Waals surface area contributed by atoms with E-state index in [9.17, 15) is 0 Å². The van der Waals surface area contributed by atoms with Crippen molar-refractivity contribution in [2.75, 3.05) is 22.9 Å². The minimum atomic E-state index is 0.623. The number of rotatable bonds is 2. The van der Waals surface area contributed by atoms with Gasteiger partial charge in [0.05, 0.1) is 0 Å².